The number of anilines is 1. The molecule has 1 aliphatic carbocycles. The van der Waals surface area contributed by atoms with Gasteiger partial charge in [0.25, 0.3) is 0 Å². The molecule has 3 aromatic rings. The largest absolute Gasteiger partial charge is 0.479 e. The summed E-state index contributed by atoms with van der Waals surface area (Å²) < 4.78 is 33.6. The summed E-state index contributed by atoms with van der Waals surface area (Å²) in [6.45, 7) is 2.09. The molecule has 0 saturated carbocycles. The van der Waals surface area contributed by atoms with Crippen LogP contribution in [0.5, 0.6) is 5.88 Å². The van der Waals surface area contributed by atoms with Gasteiger partial charge in [-0.15, -0.1) is 0 Å². The van der Waals surface area contributed by atoms with Gasteiger partial charge in [0.2, 0.25) is 11.4 Å². The van der Waals surface area contributed by atoms with E-state index in [1.54, 1.807) is 12.3 Å². The molecule has 0 unspecified atom stereocenters. The number of pyridine rings is 2. The second-order valence-corrected chi connectivity index (χ2v) is 8.75. The number of hydrogen-bond acceptors (Lipinski definition) is 4. The van der Waals surface area contributed by atoms with Crippen molar-refractivity contribution in [3.05, 3.63) is 74.8 Å². The smallest absolute Gasteiger partial charge is 0.319 e. The highest BCUT2D eigenvalue weighted by molar-refractivity contribution is 6.33. The van der Waals surface area contributed by atoms with Gasteiger partial charge in [-0.05, 0) is 54.5 Å². The lowest BCUT2D eigenvalue weighted by atomic mass is 10.00. The van der Waals surface area contributed by atoms with Crippen molar-refractivity contribution in [2.75, 3.05) is 12.4 Å². The van der Waals surface area contributed by atoms with Crippen LogP contribution in [-0.4, -0.2) is 23.1 Å². The summed E-state index contributed by atoms with van der Waals surface area (Å²) in [6, 6.07) is 4.10. The third kappa shape index (κ3) is 5.04. The SMILES string of the molecule is COc1ncc(-c2cc(F)c(NC(=O)N[C@@H]3CC[C@H](C)Cc4cc(=O)[nH]cc43)cc2Cl)cc1F. The number of carbonyl (C=O) groups excluding carboxylic acids is 1. The van der Waals surface area contributed by atoms with Gasteiger partial charge in [0.1, 0.15) is 5.82 Å². The first-order valence-corrected chi connectivity index (χ1v) is 11.1. The Balaban J connectivity index is 1.53. The van der Waals surface area contributed by atoms with Crippen LogP contribution in [-0.2, 0) is 6.42 Å². The summed E-state index contributed by atoms with van der Waals surface area (Å²) in [7, 11) is 1.29. The number of halogens is 3. The number of amides is 2. The van der Waals surface area contributed by atoms with E-state index in [-0.39, 0.29) is 39.3 Å². The summed E-state index contributed by atoms with van der Waals surface area (Å²) in [6.07, 6.45) is 5.21. The lowest BCUT2D eigenvalue weighted by molar-refractivity contribution is 0.247. The molecule has 7 nitrogen and oxygen atoms in total. The van der Waals surface area contributed by atoms with E-state index in [1.165, 1.54) is 19.4 Å². The van der Waals surface area contributed by atoms with Crippen LogP contribution in [0.2, 0.25) is 5.02 Å². The lowest BCUT2D eigenvalue weighted by Crippen LogP contribution is -2.33. The molecule has 0 spiro atoms. The van der Waals surface area contributed by atoms with E-state index in [4.69, 9.17) is 16.3 Å². The maximum Gasteiger partial charge on any atom is 0.319 e. The minimum Gasteiger partial charge on any atom is -0.479 e. The minimum absolute atomic E-state index is 0.106. The quantitative estimate of drug-likeness (QED) is 0.439. The molecule has 2 amide bonds. The highest BCUT2D eigenvalue weighted by atomic mass is 35.5. The Bertz CT molecular complexity index is 1300. The first-order valence-electron chi connectivity index (χ1n) is 10.7. The Labute approximate surface area is 199 Å². The van der Waals surface area contributed by atoms with E-state index >= 15 is 0 Å². The van der Waals surface area contributed by atoms with Gasteiger partial charge in [-0.1, -0.05) is 18.5 Å². The van der Waals surface area contributed by atoms with Gasteiger partial charge in [0.15, 0.2) is 5.82 Å². The van der Waals surface area contributed by atoms with Crippen molar-refractivity contribution in [3.8, 4) is 17.0 Å². The van der Waals surface area contributed by atoms with Crippen LogP contribution < -0.4 is 20.9 Å². The van der Waals surface area contributed by atoms with Crippen molar-refractivity contribution in [3.63, 3.8) is 0 Å². The van der Waals surface area contributed by atoms with E-state index in [9.17, 15) is 18.4 Å². The highest BCUT2D eigenvalue weighted by Crippen LogP contribution is 2.34. The molecule has 1 aromatic carbocycles. The summed E-state index contributed by atoms with van der Waals surface area (Å²) >= 11 is 6.30. The number of aromatic amines is 1. The number of benzene rings is 1. The Morgan fingerprint density at radius 1 is 1.21 bits per heavy atom. The molecular formula is C24H23ClF2N4O3. The van der Waals surface area contributed by atoms with E-state index in [2.05, 4.69) is 27.5 Å². The van der Waals surface area contributed by atoms with E-state index in [0.717, 1.165) is 36.1 Å². The van der Waals surface area contributed by atoms with Crippen molar-refractivity contribution in [2.45, 2.75) is 32.2 Å². The second-order valence-electron chi connectivity index (χ2n) is 8.34. The topological polar surface area (TPSA) is 96.1 Å². The highest BCUT2D eigenvalue weighted by Gasteiger charge is 2.24. The Hall–Kier alpha value is -3.46. The number of methoxy groups -OCH3 is 1. The third-order valence-corrected chi connectivity index (χ3v) is 6.17. The maximum atomic E-state index is 14.8. The molecular weight excluding hydrogens is 466 g/mol. The van der Waals surface area contributed by atoms with Crippen LogP contribution in [0.1, 0.15) is 36.9 Å². The van der Waals surface area contributed by atoms with Gasteiger partial charge in [-0.2, -0.15) is 0 Å². The number of aromatic nitrogens is 2. The van der Waals surface area contributed by atoms with Gasteiger partial charge in [0, 0.05) is 29.6 Å². The summed E-state index contributed by atoms with van der Waals surface area (Å²) in [5, 5.41) is 5.46. The number of hydrogen-bond donors (Lipinski definition) is 3. The van der Waals surface area contributed by atoms with Crippen molar-refractivity contribution < 1.29 is 18.3 Å². The fourth-order valence-corrected chi connectivity index (χ4v) is 4.44. The molecule has 3 N–H and O–H groups in total. The second kappa shape index (κ2) is 9.80. The zero-order valence-electron chi connectivity index (χ0n) is 18.5. The van der Waals surface area contributed by atoms with Crippen molar-refractivity contribution in [1.29, 1.82) is 0 Å². The molecule has 2 atom stereocenters. The molecule has 2 aromatic heterocycles. The fourth-order valence-electron chi connectivity index (χ4n) is 4.16. The van der Waals surface area contributed by atoms with E-state index in [1.807, 2.05) is 0 Å². The van der Waals surface area contributed by atoms with Crippen LogP contribution >= 0.6 is 11.6 Å². The van der Waals surface area contributed by atoms with Crippen molar-refractivity contribution in [1.82, 2.24) is 15.3 Å². The molecule has 0 fully saturated rings. The number of nitrogens with zero attached hydrogens (tertiary/aromatic N) is 1. The van der Waals surface area contributed by atoms with Crippen LogP contribution in [0.3, 0.4) is 0 Å². The van der Waals surface area contributed by atoms with Crippen molar-refractivity contribution in [2.24, 2.45) is 5.92 Å². The number of nitrogens with one attached hydrogen (secondary N) is 3. The number of urea groups is 1. The van der Waals surface area contributed by atoms with Crippen LogP contribution in [0.15, 0.2) is 41.5 Å². The molecule has 34 heavy (non-hydrogen) atoms. The lowest BCUT2D eigenvalue weighted by Gasteiger charge is -2.20. The predicted octanol–water partition coefficient (Wildman–Crippen LogP) is 5.21. The molecule has 0 radical (unpaired) electrons. The Kier molecular flexibility index (Phi) is 6.83. The van der Waals surface area contributed by atoms with Gasteiger partial charge in [0.05, 0.1) is 23.9 Å². The average Bonchev–Trinajstić information content (AvgIpc) is 2.93. The monoisotopic (exact) mass is 488 g/mol. The molecule has 0 bridgehead atoms. The number of ether oxygens (including phenoxy) is 1. The van der Waals surface area contributed by atoms with E-state index in [0.29, 0.717) is 12.3 Å². The van der Waals surface area contributed by atoms with Gasteiger partial charge < -0.3 is 20.4 Å². The van der Waals surface area contributed by atoms with Crippen LogP contribution in [0, 0.1) is 17.6 Å². The summed E-state index contributed by atoms with van der Waals surface area (Å²) in [5.41, 5.74) is 1.88. The Morgan fingerprint density at radius 3 is 2.74 bits per heavy atom. The number of carbonyl (C=O) groups is 1. The molecule has 4 rings (SSSR count). The first-order chi connectivity index (χ1) is 16.2. The maximum absolute atomic E-state index is 14.8. The third-order valence-electron chi connectivity index (χ3n) is 5.86. The number of rotatable bonds is 4. The summed E-state index contributed by atoms with van der Waals surface area (Å²) in [5.74, 6) is -1.28. The normalized spacial score (nSPS) is 17.4. The molecule has 178 valence electrons. The van der Waals surface area contributed by atoms with E-state index < -0.39 is 17.7 Å². The first kappa shape index (κ1) is 23.7. The Morgan fingerprint density at radius 2 is 2.00 bits per heavy atom. The van der Waals surface area contributed by atoms with Crippen molar-refractivity contribution >= 4 is 23.3 Å². The fraction of sp³-hybridized carbons (Fsp3) is 0.292. The molecule has 0 aliphatic heterocycles. The average molecular weight is 489 g/mol. The molecule has 10 heteroatoms. The standard InChI is InChI=1S/C24H23ClF2N4O3/c1-12-3-4-20(16-11-28-22(32)7-13(16)5-12)30-24(33)31-21-9-17(25)15(8-18(21)26)14-6-19(27)23(34-2)29-10-14/h6-12,20H,3-5H2,1-2H3,(H,28,32)(H2,30,31,33)/t12-,20+/m0/s1. The summed E-state index contributed by atoms with van der Waals surface area (Å²) in [4.78, 5) is 30.9. The van der Waals surface area contributed by atoms with Gasteiger partial charge in [-0.3, -0.25) is 4.79 Å². The molecule has 2 heterocycles. The number of fused-ring (bicyclic) bond motifs is 1. The minimum atomic E-state index is -0.745. The van der Waals surface area contributed by atoms with Crippen LogP contribution in [0.25, 0.3) is 11.1 Å². The molecule has 1 aliphatic rings. The predicted molar refractivity (Wildman–Crippen MR) is 125 cm³/mol. The van der Waals surface area contributed by atoms with Crippen LogP contribution in [0.4, 0.5) is 19.3 Å². The zero-order valence-corrected chi connectivity index (χ0v) is 19.3. The molecule has 0 saturated heterocycles. The van der Waals surface area contributed by atoms with Gasteiger partial charge in [-0.25, -0.2) is 18.6 Å². The van der Waals surface area contributed by atoms with Gasteiger partial charge >= 0.3 is 6.03 Å². The number of H-pyrrole nitrogens is 1. The zero-order chi connectivity index (χ0) is 24.4.